The summed E-state index contributed by atoms with van der Waals surface area (Å²) in [6.45, 7) is 4.29. The van der Waals surface area contributed by atoms with Crippen molar-refractivity contribution < 1.29 is 19.3 Å². The molecule has 1 saturated heterocycles. The van der Waals surface area contributed by atoms with Gasteiger partial charge in [0.2, 0.25) is 6.29 Å². The molecule has 0 unspecified atom stereocenters. The number of aromatic nitrogens is 1. The topological polar surface area (TPSA) is 60.8 Å². The molecule has 132 valence electrons. The highest BCUT2D eigenvalue weighted by Crippen LogP contribution is 2.40. The Kier molecular flexibility index (Phi) is 5.39. The second kappa shape index (κ2) is 7.54. The van der Waals surface area contributed by atoms with Crippen molar-refractivity contribution in [1.29, 1.82) is 0 Å². The van der Waals surface area contributed by atoms with E-state index < -0.39 is 18.0 Å². The second-order valence-electron chi connectivity index (χ2n) is 5.94. The highest BCUT2D eigenvalue weighted by Gasteiger charge is 2.48. The van der Waals surface area contributed by atoms with Gasteiger partial charge >= 0.3 is 0 Å². The Hall–Kier alpha value is -1.92. The summed E-state index contributed by atoms with van der Waals surface area (Å²) in [5.41, 5.74) is 0.153. The van der Waals surface area contributed by atoms with Crippen LogP contribution < -0.4 is 0 Å². The molecule has 0 aliphatic carbocycles. The van der Waals surface area contributed by atoms with Crippen LogP contribution in [-0.4, -0.2) is 29.6 Å². The first kappa shape index (κ1) is 17.9. The van der Waals surface area contributed by atoms with Gasteiger partial charge in [-0.3, -0.25) is 0 Å². The van der Waals surface area contributed by atoms with E-state index in [-0.39, 0.29) is 6.42 Å². The zero-order valence-corrected chi connectivity index (χ0v) is 14.6. The van der Waals surface area contributed by atoms with Crippen LogP contribution in [0.5, 0.6) is 0 Å². The molecule has 0 spiro atoms. The Balaban J connectivity index is 1.79. The van der Waals surface area contributed by atoms with Crippen molar-refractivity contribution >= 4 is 11.6 Å². The van der Waals surface area contributed by atoms with Crippen LogP contribution in [0.25, 0.3) is 0 Å². The molecule has 2 heterocycles. The molecule has 1 aliphatic rings. The molecule has 6 heteroatoms. The maximum absolute atomic E-state index is 11.2. The predicted octanol–water partition coefficient (Wildman–Crippen LogP) is 3.41. The number of benzene rings is 1. The number of ether oxygens (including phenoxy) is 3. The number of methoxy groups -OCH3 is 1. The van der Waals surface area contributed by atoms with Crippen LogP contribution in [0.4, 0.5) is 0 Å². The van der Waals surface area contributed by atoms with Gasteiger partial charge in [0.1, 0.15) is 17.0 Å². The number of hydrogen-bond acceptors (Lipinski definition) is 5. The SMILES string of the molecule is C=C1O[C@H](OC)[C@@](O)(c2ccc(Cl)nc2)C[C@@H]1OCc1ccccc1. The Bertz CT molecular complexity index is 722. The molecular weight excluding hydrogens is 342 g/mol. The first-order chi connectivity index (χ1) is 12.0. The van der Waals surface area contributed by atoms with Gasteiger partial charge in [-0.25, -0.2) is 4.98 Å². The van der Waals surface area contributed by atoms with Gasteiger partial charge in [0, 0.05) is 25.3 Å². The van der Waals surface area contributed by atoms with Crippen molar-refractivity contribution in [2.75, 3.05) is 7.11 Å². The molecule has 0 saturated carbocycles. The van der Waals surface area contributed by atoms with Gasteiger partial charge in [0.05, 0.1) is 6.61 Å². The third-order valence-electron chi connectivity index (χ3n) is 4.24. The quantitative estimate of drug-likeness (QED) is 0.827. The van der Waals surface area contributed by atoms with E-state index in [1.807, 2.05) is 30.3 Å². The number of aliphatic hydroxyl groups is 1. The molecule has 25 heavy (non-hydrogen) atoms. The average Bonchev–Trinajstić information content (AvgIpc) is 2.63. The van der Waals surface area contributed by atoms with E-state index in [0.29, 0.717) is 23.1 Å². The molecule has 2 aromatic rings. The van der Waals surface area contributed by atoms with E-state index in [1.165, 1.54) is 13.3 Å². The molecule has 0 bridgehead atoms. The zero-order chi connectivity index (χ0) is 17.9. The van der Waals surface area contributed by atoms with Crippen molar-refractivity contribution in [3.05, 3.63) is 77.3 Å². The number of rotatable bonds is 5. The van der Waals surface area contributed by atoms with E-state index in [0.717, 1.165) is 5.56 Å². The van der Waals surface area contributed by atoms with Crippen molar-refractivity contribution in [1.82, 2.24) is 4.98 Å². The minimum Gasteiger partial charge on any atom is -0.464 e. The maximum Gasteiger partial charge on any atom is 0.232 e. The van der Waals surface area contributed by atoms with E-state index in [9.17, 15) is 5.11 Å². The number of nitrogens with zero attached hydrogens (tertiary/aromatic N) is 1. The molecule has 3 atom stereocenters. The molecule has 1 N–H and O–H groups in total. The molecule has 0 radical (unpaired) electrons. The van der Waals surface area contributed by atoms with Gasteiger partial charge in [-0.1, -0.05) is 54.6 Å². The molecule has 1 aliphatic heterocycles. The summed E-state index contributed by atoms with van der Waals surface area (Å²) in [7, 11) is 1.47. The molecule has 1 fully saturated rings. The summed E-state index contributed by atoms with van der Waals surface area (Å²) in [6.07, 6.45) is 0.368. The van der Waals surface area contributed by atoms with Gasteiger partial charge in [0.25, 0.3) is 0 Å². The lowest BCUT2D eigenvalue weighted by atomic mass is 9.85. The third-order valence-corrected chi connectivity index (χ3v) is 4.46. The first-order valence-corrected chi connectivity index (χ1v) is 8.29. The van der Waals surface area contributed by atoms with E-state index in [1.54, 1.807) is 12.1 Å². The van der Waals surface area contributed by atoms with Crippen molar-refractivity contribution in [3.63, 3.8) is 0 Å². The molecular formula is C19H20ClNO4. The van der Waals surface area contributed by atoms with Crippen LogP contribution in [0.3, 0.4) is 0 Å². The monoisotopic (exact) mass is 361 g/mol. The molecule has 1 aromatic carbocycles. The minimum atomic E-state index is -1.42. The zero-order valence-electron chi connectivity index (χ0n) is 13.9. The van der Waals surface area contributed by atoms with Crippen molar-refractivity contribution in [2.45, 2.75) is 31.0 Å². The fourth-order valence-electron chi connectivity index (χ4n) is 2.86. The van der Waals surface area contributed by atoms with Gasteiger partial charge in [-0.15, -0.1) is 0 Å². The van der Waals surface area contributed by atoms with Crippen LogP contribution in [0.2, 0.25) is 5.15 Å². The standard InChI is InChI=1S/C19H20ClNO4/c1-13-16(24-12-14-6-4-3-5-7-14)10-19(22,18(23-2)25-13)15-8-9-17(20)21-11-15/h3-9,11,16,18,22H,1,10,12H2,2H3/t16-,18-,19-/m0/s1. The van der Waals surface area contributed by atoms with Crippen LogP contribution in [-0.2, 0) is 26.4 Å². The normalized spacial score (nSPS) is 26.3. The third kappa shape index (κ3) is 3.85. The summed E-state index contributed by atoms with van der Waals surface area (Å²) in [4.78, 5) is 4.04. The highest BCUT2D eigenvalue weighted by molar-refractivity contribution is 6.29. The summed E-state index contributed by atoms with van der Waals surface area (Å²) in [6, 6.07) is 13.1. The lowest BCUT2D eigenvalue weighted by molar-refractivity contribution is -0.258. The minimum absolute atomic E-state index is 0.237. The molecule has 3 rings (SSSR count). The van der Waals surface area contributed by atoms with Crippen LogP contribution in [0, 0.1) is 0 Å². The van der Waals surface area contributed by atoms with Gasteiger partial charge < -0.3 is 19.3 Å². The molecule has 1 aromatic heterocycles. The van der Waals surface area contributed by atoms with Crippen LogP contribution >= 0.6 is 11.6 Å². The average molecular weight is 362 g/mol. The highest BCUT2D eigenvalue weighted by atomic mass is 35.5. The summed E-state index contributed by atoms with van der Waals surface area (Å²) < 4.78 is 16.9. The fourth-order valence-corrected chi connectivity index (χ4v) is 2.97. The predicted molar refractivity (Wildman–Crippen MR) is 93.8 cm³/mol. The Labute approximate surface area is 151 Å². The van der Waals surface area contributed by atoms with Crippen LogP contribution in [0.1, 0.15) is 17.5 Å². The maximum atomic E-state index is 11.2. The Morgan fingerprint density at radius 3 is 2.72 bits per heavy atom. The van der Waals surface area contributed by atoms with Crippen LogP contribution in [0.15, 0.2) is 61.0 Å². The smallest absolute Gasteiger partial charge is 0.232 e. The van der Waals surface area contributed by atoms with E-state index in [2.05, 4.69) is 11.6 Å². The summed E-state index contributed by atoms with van der Waals surface area (Å²) >= 11 is 5.84. The largest absolute Gasteiger partial charge is 0.464 e. The summed E-state index contributed by atoms with van der Waals surface area (Å²) in [5.74, 6) is 0.425. The lowest BCUT2D eigenvalue weighted by Crippen LogP contribution is -2.50. The second-order valence-corrected chi connectivity index (χ2v) is 6.32. The van der Waals surface area contributed by atoms with Gasteiger partial charge in [0.15, 0.2) is 5.60 Å². The summed E-state index contributed by atoms with van der Waals surface area (Å²) in [5, 5.41) is 11.6. The molecule has 5 nitrogen and oxygen atoms in total. The van der Waals surface area contributed by atoms with Gasteiger partial charge in [-0.2, -0.15) is 0 Å². The molecule has 0 amide bonds. The number of halogens is 1. The lowest BCUT2D eigenvalue weighted by Gasteiger charge is -2.43. The van der Waals surface area contributed by atoms with Crippen molar-refractivity contribution in [2.24, 2.45) is 0 Å². The Morgan fingerprint density at radius 1 is 1.32 bits per heavy atom. The number of pyridine rings is 1. The van der Waals surface area contributed by atoms with E-state index in [4.69, 9.17) is 25.8 Å². The number of hydrogen-bond donors (Lipinski definition) is 1. The first-order valence-electron chi connectivity index (χ1n) is 7.91. The Morgan fingerprint density at radius 2 is 2.08 bits per heavy atom. The van der Waals surface area contributed by atoms with Gasteiger partial charge in [-0.05, 0) is 11.6 Å². The fraction of sp³-hybridized carbons (Fsp3) is 0.316. The van der Waals surface area contributed by atoms with Crippen molar-refractivity contribution in [3.8, 4) is 0 Å². The van der Waals surface area contributed by atoms with E-state index >= 15 is 0 Å².